The summed E-state index contributed by atoms with van der Waals surface area (Å²) < 4.78 is 5.61. The van der Waals surface area contributed by atoms with E-state index in [1.807, 2.05) is 30.3 Å². The lowest BCUT2D eigenvalue weighted by Crippen LogP contribution is -2.31. The van der Waals surface area contributed by atoms with E-state index in [4.69, 9.17) is 4.52 Å². The van der Waals surface area contributed by atoms with Crippen molar-refractivity contribution in [3.63, 3.8) is 0 Å². The Kier molecular flexibility index (Phi) is 3.52. The summed E-state index contributed by atoms with van der Waals surface area (Å²) in [5.74, 6) is 2.21. The third kappa shape index (κ3) is 1.95. The zero-order valence-corrected chi connectivity index (χ0v) is 12.0. The molecule has 2 atom stereocenters. The van der Waals surface area contributed by atoms with Gasteiger partial charge in [-0.1, -0.05) is 41.9 Å². The van der Waals surface area contributed by atoms with Gasteiger partial charge in [-0.25, -0.2) is 0 Å². The first-order valence-corrected chi connectivity index (χ1v) is 6.99. The van der Waals surface area contributed by atoms with Crippen molar-refractivity contribution in [3.8, 4) is 11.4 Å². The Bertz CT molecular complexity index is 574. The Morgan fingerprint density at radius 2 is 2.10 bits per heavy atom. The summed E-state index contributed by atoms with van der Waals surface area (Å²) in [6.45, 7) is 2.07. The molecule has 0 radical (unpaired) electrons. The van der Waals surface area contributed by atoms with Crippen LogP contribution in [-0.4, -0.2) is 23.2 Å². The first-order chi connectivity index (χ1) is 9.38. The Hall–Kier alpha value is -1.39. The summed E-state index contributed by atoms with van der Waals surface area (Å²) in [5.41, 5.74) is 1.12. The van der Waals surface area contributed by atoms with E-state index in [1.165, 1.54) is 19.3 Å². The van der Waals surface area contributed by atoms with Crippen LogP contribution in [0.4, 0.5) is 0 Å². The minimum Gasteiger partial charge on any atom is -0.338 e. The number of benzene rings is 1. The lowest BCUT2D eigenvalue weighted by molar-refractivity contribution is 0.265. The number of aromatic nitrogens is 2. The van der Waals surface area contributed by atoms with Crippen molar-refractivity contribution in [2.75, 3.05) is 13.1 Å². The van der Waals surface area contributed by atoms with E-state index >= 15 is 0 Å². The third-order valence-electron chi connectivity index (χ3n) is 4.67. The normalized spacial score (nSPS) is 28.1. The van der Waals surface area contributed by atoms with Crippen LogP contribution in [0.15, 0.2) is 34.9 Å². The van der Waals surface area contributed by atoms with Gasteiger partial charge in [0.05, 0.1) is 5.41 Å². The fourth-order valence-electron chi connectivity index (χ4n) is 3.63. The minimum atomic E-state index is 0. The van der Waals surface area contributed by atoms with Crippen molar-refractivity contribution in [2.45, 2.75) is 24.7 Å². The molecule has 20 heavy (non-hydrogen) atoms. The zero-order chi connectivity index (χ0) is 12.7. The van der Waals surface area contributed by atoms with Crippen LogP contribution in [0.5, 0.6) is 0 Å². The van der Waals surface area contributed by atoms with Gasteiger partial charge < -0.3 is 9.84 Å². The molecule has 1 saturated heterocycles. The van der Waals surface area contributed by atoms with Gasteiger partial charge in [-0.2, -0.15) is 4.98 Å². The summed E-state index contributed by atoms with van der Waals surface area (Å²) in [4.78, 5) is 4.68. The maximum atomic E-state index is 5.61. The highest BCUT2D eigenvalue weighted by atomic mass is 35.5. The average molecular weight is 292 g/mol. The Morgan fingerprint density at radius 1 is 1.25 bits per heavy atom. The second-order valence-corrected chi connectivity index (χ2v) is 5.67. The van der Waals surface area contributed by atoms with E-state index in [0.29, 0.717) is 11.7 Å². The van der Waals surface area contributed by atoms with Crippen molar-refractivity contribution >= 4 is 12.4 Å². The van der Waals surface area contributed by atoms with Crippen LogP contribution in [0, 0.1) is 5.92 Å². The maximum Gasteiger partial charge on any atom is 0.234 e. The summed E-state index contributed by atoms with van der Waals surface area (Å²) in [6.07, 6.45) is 3.71. The van der Waals surface area contributed by atoms with Crippen molar-refractivity contribution in [2.24, 2.45) is 5.92 Å². The van der Waals surface area contributed by atoms with Crippen LogP contribution in [0.2, 0.25) is 0 Å². The van der Waals surface area contributed by atoms with E-state index in [0.717, 1.165) is 24.5 Å². The zero-order valence-electron chi connectivity index (χ0n) is 11.2. The number of fused-ring (bicyclic) bond motifs is 1. The number of halogens is 1. The molecule has 1 aromatic carbocycles. The highest BCUT2D eigenvalue weighted by Crippen LogP contribution is 2.47. The molecular formula is C15H18ClN3O. The molecule has 0 spiro atoms. The van der Waals surface area contributed by atoms with Gasteiger partial charge in [-0.05, 0) is 25.3 Å². The van der Waals surface area contributed by atoms with Gasteiger partial charge >= 0.3 is 0 Å². The lowest BCUT2D eigenvalue weighted by atomic mass is 9.80. The topological polar surface area (TPSA) is 51.0 Å². The predicted molar refractivity (Wildman–Crippen MR) is 78.9 cm³/mol. The smallest absolute Gasteiger partial charge is 0.234 e. The molecule has 5 heteroatoms. The van der Waals surface area contributed by atoms with Crippen LogP contribution in [0.3, 0.4) is 0 Å². The monoisotopic (exact) mass is 291 g/mol. The van der Waals surface area contributed by atoms with E-state index < -0.39 is 0 Å². The van der Waals surface area contributed by atoms with Crippen LogP contribution >= 0.6 is 12.4 Å². The maximum absolute atomic E-state index is 5.61. The molecule has 1 N–H and O–H groups in total. The first-order valence-electron chi connectivity index (χ1n) is 6.99. The van der Waals surface area contributed by atoms with Gasteiger partial charge in [0, 0.05) is 12.1 Å². The molecule has 0 bridgehead atoms. The molecular weight excluding hydrogens is 274 g/mol. The molecule has 2 aromatic rings. The van der Waals surface area contributed by atoms with Crippen molar-refractivity contribution in [3.05, 3.63) is 36.2 Å². The molecule has 2 unspecified atom stereocenters. The van der Waals surface area contributed by atoms with Crippen LogP contribution in [0.25, 0.3) is 11.4 Å². The van der Waals surface area contributed by atoms with E-state index in [-0.39, 0.29) is 17.8 Å². The van der Waals surface area contributed by atoms with Gasteiger partial charge in [0.25, 0.3) is 0 Å². The number of rotatable bonds is 2. The van der Waals surface area contributed by atoms with Crippen LogP contribution in [-0.2, 0) is 5.41 Å². The average Bonchev–Trinajstić information content (AvgIpc) is 3.14. The molecule has 1 aliphatic carbocycles. The highest BCUT2D eigenvalue weighted by Gasteiger charge is 2.51. The number of hydrogen-bond donors (Lipinski definition) is 1. The third-order valence-corrected chi connectivity index (χ3v) is 4.67. The summed E-state index contributed by atoms with van der Waals surface area (Å²) in [7, 11) is 0. The second-order valence-electron chi connectivity index (χ2n) is 5.67. The van der Waals surface area contributed by atoms with Gasteiger partial charge in [0.15, 0.2) is 0 Å². The van der Waals surface area contributed by atoms with Gasteiger partial charge in [0.1, 0.15) is 0 Å². The van der Waals surface area contributed by atoms with E-state index in [2.05, 4.69) is 15.5 Å². The fraction of sp³-hybridized carbons (Fsp3) is 0.467. The quantitative estimate of drug-likeness (QED) is 0.924. The number of hydrogen-bond acceptors (Lipinski definition) is 4. The Balaban J connectivity index is 0.00000121. The van der Waals surface area contributed by atoms with Crippen molar-refractivity contribution in [1.29, 1.82) is 0 Å². The van der Waals surface area contributed by atoms with Gasteiger partial charge in [-0.15, -0.1) is 12.4 Å². The molecule has 106 valence electrons. The van der Waals surface area contributed by atoms with Crippen LogP contribution in [0.1, 0.15) is 25.2 Å². The Morgan fingerprint density at radius 3 is 2.95 bits per heavy atom. The lowest BCUT2D eigenvalue weighted by Gasteiger charge is -2.22. The number of nitrogens with zero attached hydrogens (tertiary/aromatic N) is 2. The van der Waals surface area contributed by atoms with Gasteiger partial charge in [-0.3, -0.25) is 0 Å². The summed E-state index contributed by atoms with van der Waals surface area (Å²) in [5, 5.41) is 7.66. The summed E-state index contributed by atoms with van der Waals surface area (Å²) in [6, 6.07) is 10.0. The first kappa shape index (κ1) is 13.6. The van der Waals surface area contributed by atoms with Crippen molar-refractivity contribution in [1.82, 2.24) is 15.5 Å². The molecule has 2 heterocycles. The molecule has 4 rings (SSSR count). The SMILES string of the molecule is Cl.c1ccc(-c2noc(C34CCCC3CNC4)n2)cc1. The molecule has 1 aromatic heterocycles. The molecule has 1 saturated carbocycles. The van der Waals surface area contributed by atoms with Crippen molar-refractivity contribution < 1.29 is 4.52 Å². The van der Waals surface area contributed by atoms with Gasteiger partial charge in [0.2, 0.25) is 11.7 Å². The molecule has 2 fully saturated rings. The van der Waals surface area contributed by atoms with E-state index in [9.17, 15) is 0 Å². The highest BCUT2D eigenvalue weighted by molar-refractivity contribution is 5.85. The minimum absolute atomic E-state index is 0. The summed E-state index contributed by atoms with van der Waals surface area (Å²) >= 11 is 0. The molecule has 2 aliphatic rings. The predicted octanol–water partition coefficient (Wildman–Crippen LogP) is 2.80. The number of nitrogens with one attached hydrogen (secondary N) is 1. The Labute approximate surface area is 124 Å². The molecule has 0 amide bonds. The second kappa shape index (κ2) is 5.19. The molecule has 4 nitrogen and oxygen atoms in total. The van der Waals surface area contributed by atoms with E-state index in [1.54, 1.807) is 0 Å². The molecule has 1 aliphatic heterocycles. The largest absolute Gasteiger partial charge is 0.338 e. The fourth-order valence-corrected chi connectivity index (χ4v) is 3.63. The standard InChI is InChI=1S/C15H17N3O.ClH/c1-2-5-11(6-3-1)13-17-14(19-18-13)15-8-4-7-12(15)9-16-10-15;/h1-3,5-6,12,16H,4,7-10H2;1H. The van der Waals surface area contributed by atoms with Crippen LogP contribution < -0.4 is 5.32 Å².